The van der Waals surface area contributed by atoms with Crippen molar-refractivity contribution in [2.75, 3.05) is 37.6 Å². The molecule has 4 heterocycles. The molecule has 1 N–H and O–H groups in total. The van der Waals surface area contributed by atoms with Crippen LogP contribution in [-0.2, 0) is 11.2 Å². The van der Waals surface area contributed by atoms with Gasteiger partial charge in [0, 0.05) is 55.1 Å². The summed E-state index contributed by atoms with van der Waals surface area (Å²) in [5.74, 6) is -0.717. The van der Waals surface area contributed by atoms with Gasteiger partial charge < -0.3 is 19.5 Å². The molecule has 2 aromatic heterocycles. The van der Waals surface area contributed by atoms with Gasteiger partial charge in [0.15, 0.2) is 0 Å². The van der Waals surface area contributed by atoms with Crippen molar-refractivity contribution in [3.63, 3.8) is 0 Å². The standard InChI is InChI=1S/C27H30N6O5/c1-4-31(5-2)18-6-7-19-17(3)20(24(35)38-22(19)14-18)9-12-33-25(36)27(30-26(33)37)10-13-32(15-27)23(34)21-8-11-28-16-29-21/h6-8,11,14,16H,4-5,9-10,12-13,15H2,1-3H3,(H,30,37). The lowest BCUT2D eigenvalue weighted by molar-refractivity contribution is -0.130. The van der Waals surface area contributed by atoms with Crippen molar-refractivity contribution in [3.8, 4) is 0 Å². The molecule has 1 unspecified atom stereocenters. The van der Waals surface area contributed by atoms with E-state index >= 15 is 0 Å². The van der Waals surface area contributed by atoms with Crippen LogP contribution in [0.3, 0.4) is 0 Å². The SMILES string of the molecule is CCN(CC)c1ccc2c(C)c(CCN3C(=O)NC4(CCN(C(=O)c5ccncn5)C4)C3=O)c(=O)oc2c1. The third-order valence-corrected chi connectivity index (χ3v) is 7.59. The second kappa shape index (κ2) is 9.88. The average molecular weight is 519 g/mol. The van der Waals surface area contributed by atoms with Crippen molar-refractivity contribution in [1.29, 1.82) is 0 Å². The summed E-state index contributed by atoms with van der Waals surface area (Å²) in [6.45, 7) is 8.06. The summed E-state index contributed by atoms with van der Waals surface area (Å²) in [5, 5.41) is 3.61. The lowest BCUT2D eigenvalue weighted by Gasteiger charge is -2.22. The van der Waals surface area contributed by atoms with Crippen molar-refractivity contribution in [3.05, 3.63) is 64.0 Å². The first-order chi connectivity index (χ1) is 18.3. The summed E-state index contributed by atoms with van der Waals surface area (Å²) in [5.41, 5.74) is 1.27. The van der Waals surface area contributed by atoms with Crippen molar-refractivity contribution >= 4 is 34.5 Å². The number of imide groups is 1. The first kappa shape index (κ1) is 25.4. The van der Waals surface area contributed by atoms with E-state index in [1.165, 1.54) is 23.5 Å². The van der Waals surface area contributed by atoms with Gasteiger partial charge in [-0.1, -0.05) is 0 Å². The number of fused-ring (bicyclic) bond motifs is 1. The molecule has 2 saturated heterocycles. The van der Waals surface area contributed by atoms with E-state index in [0.29, 0.717) is 24.1 Å². The summed E-state index contributed by atoms with van der Waals surface area (Å²) in [6.07, 6.45) is 3.24. The lowest BCUT2D eigenvalue weighted by atomic mass is 9.98. The summed E-state index contributed by atoms with van der Waals surface area (Å²) in [7, 11) is 0. The average Bonchev–Trinajstić information content (AvgIpc) is 3.45. The molecule has 11 nitrogen and oxygen atoms in total. The largest absolute Gasteiger partial charge is 0.422 e. The van der Waals surface area contributed by atoms with Gasteiger partial charge in [0.1, 0.15) is 23.1 Å². The molecule has 0 aliphatic carbocycles. The molecule has 3 aromatic rings. The van der Waals surface area contributed by atoms with Crippen LogP contribution in [0.25, 0.3) is 11.0 Å². The van der Waals surface area contributed by atoms with E-state index in [9.17, 15) is 19.2 Å². The maximum absolute atomic E-state index is 13.4. The molecule has 0 bridgehead atoms. The highest BCUT2D eigenvalue weighted by atomic mass is 16.4. The number of hydrogen-bond donors (Lipinski definition) is 1. The van der Waals surface area contributed by atoms with E-state index in [4.69, 9.17) is 4.42 Å². The summed E-state index contributed by atoms with van der Waals surface area (Å²) < 4.78 is 5.66. The van der Waals surface area contributed by atoms with Crippen LogP contribution >= 0.6 is 0 Å². The Balaban J connectivity index is 1.32. The van der Waals surface area contributed by atoms with E-state index in [0.717, 1.165) is 34.6 Å². The summed E-state index contributed by atoms with van der Waals surface area (Å²) >= 11 is 0. The fraction of sp³-hybridized carbons (Fsp3) is 0.407. The van der Waals surface area contributed by atoms with Crippen LogP contribution in [0.1, 0.15) is 41.9 Å². The predicted octanol–water partition coefficient (Wildman–Crippen LogP) is 2.12. The number of carbonyl (C=O) groups is 3. The third-order valence-electron chi connectivity index (χ3n) is 7.59. The minimum absolute atomic E-state index is 0.0287. The van der Waals surface area contributed by atoms with Gasteiger partial charge in [0.25, 0.3) is 11.8 Å². The number of aromatic nitrogens is 2. The van der Waals surface area contributed by atoms with Crippen molar-refractivity contribution in [2.45, 2.75) is 39.2 Å². The van der Waals surface area contributed by atoms with Gasteiger partial charge in [-0.2, -0.15) is 0 Å². The van der Waals surface area contributed by atoms with Crippen LogP contribution in [-0.4, -0.2) is 75.9 Å². The monoisotopic (exact) mass is 518 g/mol. The first-order valence-corrected chi connectivity index (χ1v) is 12.8. The molecule has 4 amide bonds. The minimum atomic E-state index is -1.18. The van der Waals surface area contributed by atoms with Crippen LogP contribution in [0.4, 0.5) is 10.5 Å². The van der Waals surface area contributed by atoms with E-state index in [1.807, 2.05) is 25.1 Å². The van der Waals surface area contributed by atoms with Crippen LogP contribution in [0.15, 0.2) is 46.0 Å². The maximum atomic E-state index is 13.4. The molecule has 2 aliphatic heterocycles. The number of amides is 4. The van der Waals surface area contributed by atoms with Gasteiger partial charge in [-0.15, -0.1) is 0 Å². The molecule has 2 fully saturated rings. The highest BCUT2D eigenvalue weighted by Gasteiger charge is 2.55. The van der Waals surface area contributed by atoms with Gasteiger partial charge in [0.05, 0.1) is 6.54 Å². The second-order valence-electron chi connectivity index (χ2n) is 9.64. The molecular formula is C27H30N6O5. The smallest absolute Gasteiger partial charge is 0.339 e. The number of nitrogens with zero attached hydrogens (tertiary/aromatic N) is 5. The summed E-state index contributed by atoms with van der Waals surface area (Å²) in [4.78, 5) is 64.5. The number of benzene rings is 1. The zero-order valence-electron chi connectivity index (χ0n) is 21.7. The number of carbonyl (C=O) groups excluding carboxylic acids is 3. The molecule has 2 aliphatic rings. The quantitative estimate of drug-likeness (QED) is 0.372. The zero-order chi connectivity index (χ0) is 27.0. The number of urea groups is 1. The molecular weight excluding hydrogens is 488 g/mol. The lowest BCUT2D eigenvalue weighted by Crippen LogP contribution is -2.50. The number of hydrogen-bond acceptors (Lipinski definition) is 8. The van der Waals surface area contributed by atoms with Crippen LogP contribution in [0, 0.1) is 6.92 Å². The Hall–Kier alpha value is -4.28. The topological polar surface area (TPSA) is 129 Å². The fourth-order valence-electron chi connectivity index (χ4n) is 5.40. The highest BCUT2D eigenvalue weighted by molar-refractivity contribution is 6.08. The number of rotatable bonds is 7. The Bertz CT molecular complexity index is 1470. The molecule has 38 heavy (non-hydrogen) atoms. The van der Waals surface area contributed by atoms with E-state index in [-0.39, 0.29) is 31.1 Å². The maximum Gasteiger partial charge on any atom is 0.339 e. The molecule has 0 saturated carbocycles. The Labute approximate surface area is 219 Å². The van der Waals surface area contributed by atoms with Gasteiger partial charge in [-0.05, 0) is 57.4 Å². The number of anilines is 1. The van der Waals surface area contributed by atoms with E-state index in [2.05, 4.69) is 34.0 Å². The fourth-order valence-corrected chi connectivity index (χ4v) is 5.40. The van der Waals surface area contributed by atoms with Gasteiger partial charge >= 0.3 is 11.7 Å². The Morgan fingerprint density at radius 1 is 1.18 bits per heavy atom. The van der Waals surface area contributed by atoms with Crippen molar-refractivity contribution < 1.29 is 18.8 Å². The molecule has 1 atom stereocenters. The minimum Gasteiger partial charge on any atom is -0.422 e. The van der Waals surface area contributed by atoms with Crippen LogP contribution in [0.2, 0.25) is 0 Å². The number of aryl methyl sites for hydroxylation is 1. The van der Waals surface area contributed by atoms with Gasteiger partial charge in [-0.3, -0.25) is 14.5 Å². The molecule has 1 spiro atoms. The first-order valence-electron chi connectivity index (χ1n) is 12.8. The second-order valence-corrected chi connectivity index (χ2v) is 9.64. The van der Waals surface area contributed by atoms with E-state index < -0.39 is 23.1 Å². The molecule has 11 heteroatoms. The van der Waals surface area contributed by atoms with E-state index in [1.54, 1.807) is 0 Å². The normalized spacial score (nSPS) is 19.0. The number of nitrogens with one attached hydrogen (secondary N) is 1. The molecule has 0 radical (unpaired) electrons. The summed E-state index contributed by atoms with van der Waals surface area (Å²) in [6, 6.07) is 6.79. The zero-order valence-corrected chi connectivity index (χ0v) is 21.7. The van der Waals surface area contributed by atoms with Crippen molar-refractivity contribution in [2.24, 2.45) is 0 Å². The van der Waals surface area contributed by atoms with Crippen LogP contribution < -0.4 is 15.8 Å². The van der Waals surface area contributed by atoms with Crippen molar-refractivity contribution in [1.82, 2.24) is 25.1 Å². The third kappa shape index (κ3) is 4.27. The highest BCUT2D eigenvalue weighted by Crippen LogP contribution is 2.30. The molecule has 1 aromatic carbocycles. The molecule has 198 valence electrons. The molecule has 5 rings (SSSR count). The Morgan fingerprint density at radius 2 is 1.97 bits per heavy atom. The predicted molar refractivity (Wildman–Crippen MR) is 140 cm³/mol. The number of likely N-dealkylation sites (tertiary alicyclic amines) is 1. The Kier molecular flexibility index (Phi) is 6.60. The Morgan fingerprint density at radius 3 is 2.68 bits per heavy atom. The van der Waals surface area contributed by atoms with Crippen LogP contribution in [0.5, 0.6) is 0 Å². The van der Waals surface area contributed by atoms with Gasteiger partial charge in [-0.25, -0.2) is 19.6 Å². The van der Waals surface area contributed by atoms with Gasteiger partial charge in [0.2, 0.25) is 0 Å².